The zero-order valence-electron chi connectivity index (χ0n) is 17.1. The average Bonchev–Trinajstić information content (AvgIpc) is 3.44. The van der Waals surface area contributed by atoms with Crippen molar-refractivity contribution >= 4 is 5.91 Å². The van der Waals surface area contributed by atoms with Gasteiger partial charge in [-0.05, 0) is 61.8 Å². The molecule has 0 spiro atoms. The van der Waals surface area contributed by atoms with E-state index in [0.717, 1.165) is 63.2 Å². The van der Waals surface area contributed by atoms with Gasteiger partial charge in [0.05, 0.1) is 5.56 Å². The topological polar surface area (TPSA) is 32.8 Å². The lowest BCUT2D eigenvalue weighted by molar-refractivity contribution is 0.0718. The summed E-state index contributed by atoms with van der Waals surface area (Å²) in [5, 5.41) is 0. The summed E-state index contributed by atoms with van der Waals surface area (Å²) in [7, 11) is 0. The molecule has 4 nitrogen and oxygen atoms in total. The lowest BCUT2D eigenvalue weighted by atomic mass is 10.0. The summed E-state index contributed by atoms with van der Waals surface area (Å²) >= 11 is 0. The third-order valence-corrected chi connectivity index (χ3v) is 6.83. The third-order valence-electron chi connectivity index (χ3n) is 6.83. The van der Waals surface area contributed by atoms with E-state index in [-0.39, 0.29) is 12.0 Å². The van der Waals surface area contributed by atoms with E-state index in [0.29, 0.717) is 6.04 Å². The van der Waals surface area contributed by atoms with Crippen molar-refractivity contribution in [1.82, 2.24) is 9.80 Å². The fraction of sp³-hybridized carbons (Fsp3) is 0.480. The van der Waals surface area contributed by atoms with Crippen molar-refractivity contribution in [3.63, 3.8) is 0 Å². The number of carbonyl (C=O) groups is 1. The Morgan fingerprint density at radius 1 is 0.828 bits per heavy atom. The molecule has 4 heteroatoms. The second kappa shape index (κ2) is 8.19. The number of fused-ring (bicyclic) bond motifs is 1. The molecule has 0 atom stereocenters. The van der Waals surface area contributed by atoms with Gasteiger partial charge in [-0.15, -0.1) is 0 Å². The lowest BCUT2D eigenvalue weighted by Crippen LogP contribution is -2.44. The van der Waals surface area contributed by atoms with Crippen LogP contribution in [-0.2, 0) is 12.8 Å². The first-order chi connectivity index (χ1) is 14.3. The number of amides is 1. The minimum absolute atomic E-state index is 0.124. The molecule has 2 heterocycles. The minimum atomic E-state index is 0.124. The monoisotopic (exact) mass is 390 g/mol. The molecule has 5 rings (SSSR count). The van der Waals surface area contributed by atoms with Crippen molar-refractivity contribution in [2.24, 2.45) is 0 Å². The maximum Gasteiger partial charge on any atom is 0.257 e. The van der Waals surface area contributed by atoms with Crippen LogP contribution in [0.1, 0.15) is 47.2 Å². The van der Waals surface area contributed by atoms with Gasteiger partial charge in [0, 0.05) is 32.2 Å². The molecule has 2 aliphatic heterocycles. The molecule has 0 unspecified atom stereocenters. The predicted molar refractivity (Wildman–Crippen MR) is 114 cm³/mol. The zero-order chi connectivity index (χ0) is 19.6. The van der Waals surface area contributed by atoms with Crippen LogP contribution >= 0.6 is 0 Å². The summed E-state index contributed by atoms with van der Waals surface area (Å²) in [4.78, 5) is 17.5. The largest absolute Gasteiger partial charge is 0.489 e. The minimum Gasteiger partial charge on any atom is -0.489 e. The Labute approximate surface area is 173 Å². The summed E-state index contributed by atoms with van der Waals surface area (Å²) in [5.74, 6) is 0.885. The molecule has 0 N–H and O–H groups in total. The second-order valence-corrected chi connectivity index (χ2v) is 8.68. The molecule has 0 saturated carbocycles. The number of carbonyl (C=O) groups excluding carboxylic acids is 1. The van der Waals surface area contributed by atoms with Crippen LogP contribution in [0.25, 0.3) is 0 Å². The lowest BCUT2D eigenvalue weighted by Gasteiger charge is -2.36. The summed E-state index contributed by atoms with van der Waals surface area (Å²) < 4.78 is 6.37. The molecule has 29 heavy (non-hydrogen) atoms. The van der Waals surface area contributed by atoms with Crippen molar-refractivity contribution in [1.29, 1.82) is 0 Å². The fourth-order valence-corrected chi connectivity index (χ4v) is 5.17. The van der Waals surface area contributed by atoms with Crippen LogP contribution in [0.2, 0.25) is 0 Å². The number of hydrogen-bond acceptors (Lipinski definition) is 3. The highest BCUT2D eigenvalue weighted by atomic mass is 16.5. The maximum absolute atomic E-state index is 12.9. The van der Waals surface area contributed by atoms with Gasteiger partial charge in [0.25, 0.3) is 5.91 Å². The molecule has 2 aromatic rings. The van der Waals surface area contributed by atoms with Crippen LogP contribution in [0, 0.1) is 0 Å². The SMILES string of the molecule is O=C(c1ccccc1OC1CCN(C2Cc3ccccc3C2)CC1)N1CCCC1. The van der Waals surface area contributed by atoms with Gasteiger partial charge in [-0.3, -0.25) is 9.69 Å². The van der Waals surface area contributed by atoms with Gasteiger partial charge in [-0.1, -0.05) is 36.4 Å². The molecule has 0 radical (unpaired) electrons. The van der Waals surface area contributed by atoms with Crippen LogP contribution in [0.4, 0.5) is 0 Å². The number of rotatable bonds is 4. The highest BCUT2D eigenvalue weighted by molar-refractivity contribution is 5.97. The standard InChI is InChI=1S/C25H30N2O2/c28-25(27-13-5-6-14-27)23-9-3-4-10-24(23)29-22-11-15-26(16-12-22)21-17-19-7-1-2-8-20(19)18-21/h1-4,7-10,21-22H,5-6,11-18H2. The van der Waals surface area contributed by atoms with Gasteiger partial charge >= 0.3 is 0 Å². The Kier molecular flexibility index (Phi) is 5.28. The Morgan fingerprint density at radius 2 is 1.45 bits per heavy atom. The molecule has 3 aliphatic rings. The molecule has 2 saturated heterocycles. The van der Waals surface area contributed by atoms with Crippen molar-refractivity contribution in [2.75, 3.05) is 26.2 Å². The van der Waals surface area contributed by atoms with Crippen LogP contribution in [0.15, 0.2) is 48.5 Å². The van der Waals surface area contributed by atoms with Crippen molar-refractivity contribution in [3.05, 3.63) is 65.2 Å². The van der Waals surface area contributed by atoms with Crippen LogP contribution in [-0.4, -0.2) is 54.0 Å². The fourth-order valence-electron chi connectivity index (χ4n) is 5.17. The van der Waals surface area contributed by atoms with Crippen LogP contribution in [0.3, 0.4) is 0 Å². The van der Waals surface area contributed by atoms with Crippen LogP contribution < -0.4 is 4.74 Å². The van der Waals surface area contributed by atoms with Crippen molar-refractivity contribution in [2.45, 2.75) is 50.7 Å². The van der Waals surface area contributed by atoms with Gasteiger partial charge in [-0.25, -0.2) is 0 Å². The number of likely N-dealkylation sites (tertiary alicyclic amines) is 2. The van der Waals surface area contributed by atoms with E-state index in [9.17, 15) is 4.79 Å². The highest BCUT2D eigenvalue weighted by Gasteiger charge is 2.31. The molecule has 1 amide bonds. The summed E-state index contributed by atoms with van der Waals surface area (Å²) in [6, 6.07) is 17.3. The van der Waals surface area contributed by atoms with E-state index in [2.05, 4.69) is 29.2 Å². The molecule has 2 aromatic carbocycles. The van der Waals surface area contributed by atoms with Crippen LogP contribution in [0.5, 0.6) is 5.75 Å². The highest BCUT2D eigenvalue weighted by Crippen LogP contribution is 2.29. The molecular weight excluding hydrogens is 360 g/mol. The predicted octanol–water partition coefficient (Wildman–Crippen LogP) is 3.93. The van der Waals surface area contributed by atoms with Crippen molar-refractivity contribution < 1.29 is 9.53 Å². The Morgan fingerprint density at radius 3 is 2.14 bits per heavy atom. The summed E-state index contributed by atoms with van der Waals surface area (Å²) in [5.41, 5.74) is 3.76. The summed E-state index contributed by atoms with van der Waals surface area (Å²) in [6.07, 6.45) is 6.82. The maximum atomic E-state index is 12.9. The van der Waals surface area contributed by atoms with Gasteiger partial charge in [-0.2, -0.15) is 0 Å². The van der Waals surface area contributed by atoms with E-state index in [1.807, 2.05) is 29.2 Å². The quantitative estimate of drug-likeness (QED) is 0.793. The van der Waals surface area contributed by atoms with Crippen molar-refractivity contribution in [3.8, 4) is 5.75 Å². The first kappa shape index (κ1) is 18.7. The van der Waals surface area contributed by atoms with E-state index < -0.39 is 0 Å². The molecule has 2 fully saturated rings. The Hall–Kier alpha value is -2.33. The van der Waals surface area contributed by atoms with E-state index in [1.165, 1.54) is 24.0 Å². The number of para-hydroxylation sites is 1. The van der Waals surface area contributed by atoms with Gasteiger partial charge in [0.1, 0.15) is 11.9 Å². The van der Waals surface area contributed by atoms with Gasteiger partial charge in [0.2, 0.25) is 0 Å². The number of ether oxygens (including phenoxy) is 1. The van der Waals surface area contributed by atoms with Gasteiger partial charge < -0.3 is 9.64 Å². The molecule has 0 aromatic heterocycles. The molecule has 1 aliphatic carbocycles. The Balaban J connectivity index is 1.19. The molecule has 152 valence electrons. The smallest absolute Gasteiger partial charge is 0.257 e. The molecular formula is C25H30N2O2. The first-order valence-electron chi connectivity index (χ1n) is 11.1. The number of piperidine rings is 1. The third kappa shape index (κ3) is 3.91. The number of hydrogen-bond donors (Lipinski definition) is 0. The average molecular weight is 391 g/mol. The zero-order valence-corrected chi connectivity index (χ0v) is 17.1. The summed E-state index contributed by atoms with van der Waals surface area (Å²) in [6.45, 7) is 3.89. The van der Waals surface area contributed by atoms with Gasteiger partial charge in [0.15, 0.2) is 0 Å². The number of nitrogens with zero attached hydrogens (tertiary/aromatic N) is 2. The Bertz CT molecular complexity index is 842. The van der Waals surface area contributed by atoms with E-state index in [1.54, 1.807) is 0 Å². The first-order valence-corrected chi connectivity index (χ1v) is 11.1. The second-order valence-electron chi connectivity index (χ2n) is 8.68. The van der Waals surface area contributed by atoms with E-state index in [4.69, 9.17) is 4.74 Å². The van der Waals surface area contributed by atoms with E-state index >= 15 is 0 Å². The normalized spacial score (nSPS) is 20.8. The number of benzene rings is 2. The molecule has 0 bridgehead atoms.